The van der Waals surface area contributed by atoms with Gasteiger partial charge in [-0.15, -0.1) is 0 Å². The van der Waals surface area contributed by atoms with E-state index in [1.807, 2.05) is 13.8 Å². The van der Waals surface area contributed by atoms with Crippen molar-refractivity contribution in [3.63, 3.8) is 0 Å². The van der Waals surface area contributed by atoms with Crippen molar-refractivity contribution in [2.24, 2.45) is 5.92 Å². The highest BCUT2D eigenvalue weighted by Gasteiger charge is 2.48. The van der Waals surface area contributed by atoms with Crippen molar-refractivity contribution >= 4 is 16.9 Å². The number of hydrogen-bond acceptors (Lipinski definition) is 11. The lowest BCUT2D eigenvalue weighted by atomic mass is 9.97. The van der Waals surface area contributed by atoms with Crippen molar-refractivity contribution in [3.05, 3.63) is 46.1 Å². The Kier molecular flexibility index (Phi) is 7.51. The van der Waals surface area contributed by atoms with Crippen LogP contribution in [0.1, 0.15) is 25.8 Å². The zero-order valence-electron chi connectivity index (χ0n) is 20.4. The second-order valence-corrected chi connectivity index (χ2v) is 9.52. The Hall–Kier alpha value is -3.84. The number of carboxylic acids is 1. The number of hydrogen-bond donors (Lipinski definition) is 7. The number of rotatable bonds is 7. The quantitative estimate of drug-likeness (QED) is 0.216. The van der Waals surface area contributed by atoms with Crippen LogP contribution in [-0.4, -0.2) is 72.4 Å². The summed E-state index contributed by atoms with van der Waals surface area (Å²) in [6.07, 6.45) is -8.79. The van der Waals surface area contributed by atoms with Crippen molar-refractivity contribution in [3.8, 4) is 34.3 Å². The Labute approximate surface area is 215 Å². The summed E-state index contributed by atoms with van der Waals surface area (Å²) in [4.78, 5) is 24.9. The van der Waals surface area contributed by atoms with E-state index in [2.05, 4.69) is 0 Å². The van der Waals surface area contributed by atoms with Gasteiger partial charge in [-0.05, 0) is 43.0 Å². The summed E-state index contributed by atoms with van der Waals surface area (Å²) >= 11 is 0. The number of phenolic OH excluding ortho intramolecular Hbond substituents is 3. The molecule has 0 saturated carbocycles. The van der Waals surface area contributed by atoms with Crippen LogP contribution in [0, 0.1) is 5.92 Å². The second kappa shape index (κ2) is 10.5. The molecule has 3 aromatic rings. The fourth-order valence-corrected chi connectivity index (χ4v) is 4.21. The number of benzene rings is 2. The maximum absolute atomic E-state index is 13.5. The predicted molar refractivity (Wildman–Crippen MR) is 131 cm³/mol. The Morgan fingerprint density at radius 3 is 2.26 bits per heavy atom. The fourth-order valence-electron chi connectivity index (χ4n) is 4.21. The molecule has 5 atom stereocenters. The van der Waals surface area contributed by atoms with E-state index in [9.17, 15) is 45.3 Å². The van der Waals surface area contributed by atoms with Crippen LogP contribution < -0.4 is 10.2 Å². The molecule has 0 aliphatic carbocycles. The minimum atomic E-state index is -1.96. The van der Waals surface area contributed by atoms with Gasteiger partial charge in [0, 0.05) is 17.2 Å². The summed E-state index contributed by atoms with van der Waals surface area (Å²) in [5, 5.41) is 70.1. The topological polar surface area (TPSA) is 207 Å². The van der Waals surface area contributed by atoms with E-state index >= 15 is 0 Å². The van der Waals surface area contributed by atoms with Crippen molar-refractivity contribution in [1.29, 1.82) is 0 Å². The van der Waals surface area contributed by atoms with Crippen molar-refractivity contribution in [2.45, 2.75) is 57.4 Å². The van der Waals surface area contributed by atoms with Crippen LogP contribution >= 0.6 is 0 Å². The Balaban J connectivity index is 1.84. The molecule has 0 radical (unpaired) electrons. The summed E-state index contributed by atoms with van der Waals surface area (Å²) in [6.45, 7) is 3.95. The SMILES string of the molecule is CC(C)CCc1c(-c2ccc(O)cc2)oc2cc(O[C@@H]3O[C@H](C(=O)O)[C@@H](O)[C@H](O)[C@H]3O)c(O)c(O)c2c1=O. The number of carboxylic acid groups (broad SMARTS) is 1. The molecule has 1 fully saturated rings. The predicted octanol–water partition coefficient (Wildman–Crippen LogP) is 1.44. The molecule has 12 nitrogen and oxygen atoms in total. The number of ether oxygens (including phenoxy) is 2. The van der Waals surface area contributed by atoms with Crippen LogP contribution in [0.4, 0.5) is 0 Å². The van der Waals surface area contributed by atoms with Gasteiger partial charge in [0.15, 0.2) is 23.0 Å². The monoisotopic (exact) mass is 532 g/mol. The molecule has 1 aromatic heterocycles. The van der Waals surface area contributed by atoms with Gasteiger partial charge < -0.3 is 49.6 Å². The molecule has 204 valence electrons. The zero-order chi connectivity index (χ0) is 27.9. The third-order valence-corrected chi connectivity index (χ3v) is 6.35. The molecular weight excluding hydrogens is 504 g/mol. The van der Waals surface area contributed by atoms with Gasteiger partial charge in [-0.1, -0.05) is 13.8 Å². The summed E-state index contributed by atoms with van der Waals surface area (Å²) in [6, 6.07) is 6.96. The first-order valence-electron chi connectivity index (χ1n) is 11.8. The lowest BCUT2D eigenvalue weighted by Crippen LogP contribution is -2.61. The largest absolute Gasteiger partial charge is 0.508 e. The summed E-state index contributed by atoms with van der Waals surface area (Å²) in [5.74, 6) is -3.59. The molecule has 4 rings (SSSR count). The minimum Gasteiger partial charge on any atom is -0.508 e. The van der Waals surface area contributed by atoms with Gasteiger partial charge >= 0.3 is 5.97 Å². The van der Waals surface area contributed by atoms with Gasteiger partial charge in [-0.3, -0.25) is 4.79 Å². The Bertz CT molecular complexity index is 1390. The average Bonchev–Trinajstić information content (AvgIpc) is 2.86. The molecule has 12 heteroatoms. The highest BCUT2D eigenvalue weighted by Crippen LogP contribution is 2.43. The van der Waals surface area contributed by atoms with Crippen LogP contribution in [0.3, 0.4) is 0 Å². The van der Waals surface area contributed by atoms with Gasteiger partial charge in [0.2, 0.25) is 12.0 Å². The molecular formula is C26H28O12. The van der Waals surface area contributed by atoms with Crippen LogP contribution in [-0.2, 0) is 16.0 Å². The maximum Gasteiger partial charge on any atom is 0.335 e. The number of aromatic hydroxyl groups is 3. The number of aliphatic hydroxyl groups excluding tert-OH is 3. The number of fused-ring (bicyclic) bond motifs is 1. The Morgan fingerprint density at radius 2 is 1.66 bits per heavy atom. The maximum atomic E-state index is 13.5. The normalized spacial score (nSPS) is 23.6. The smallest absolute Gasteiger partial charge is 0.335 e. The molecule has 1 aliphatic rings. The van der Waals surface area contributed by atoms with E-state index in [1.54, 1.807) is 12.1 Å². The van der Waals surface area contributed by atoms with Crippen molar-refractivity contribution < 1.29 is 54.4 Å². The highest BCUT2D eigenvalue weighted by atomic mass is 16.7. The van der Waals surface area contributed by atoms with Crippen LogP contribution in [0.5, 0.6) is 23.0 Å². The second-order valence-electron chi connectivity index (χ2n) is 9.52. The van der Waals surface area contributed by atoms with E-state index in [0.717, 1.165) is 6.07 Å². The average molecular weight is 532 g/mol. The summed E-state index contributed by atoms with van der Waals surface area (Å²) in [5.41, 5.74) is -0.110. The van der Waals surface area contributed by atoms with Crippen molar-refractivity contribution in [2.75, 3.05) is 0 Å². The first kappa shape index (κ1) is 27.2. The fraction of sp³-hybridized carbons (Fsp3) is 0.385. The number of aliphatic hydroxyl groups is 3. The first-order chi connectivity index (χ1) is 17.9. The van der Waals surface area contributed by atoms with E-state index < -0.39 is 59.4 Å². The zero-order valence-corrected chi connectivity index (χ0v) is 20.4. The standard InChI is InChI=1S/C26H28O12/c1-10(2)3-8-13-17(28)16-14(36-23(13)11-4-6-12(27)7-5-11)9-15(18(29)19(16)30)37-26-22(33)20(31)21(32)24(38-26)25(34)35/h4-7,9-10,20-22,24,26-27,29-33H,3,8H2,1-2H3,(H,34,35)/t20-,21-,22+,24-,26+/m0/s1. The summed E-state index contributed by atoms with van der Waals surface area (Å²) in [7, 11) is 0. The molecule has 0 unspecified atom stereocenters. The van der Waals surface area contributed by atoms with E-state index in [0.29, 0.717) is 18.4 Å². The molecule has 38 heavy (non-hydrogen) atoms. The minimum absolute atomic E-state index is 0.00289. The van der Waals surface area contributed by atoms with Crippen LogP contribution in [0.25, 0.3) is 22.3 Å². The number of aliphatic carboxylic acids is 1. The summed E-state index contributed by atoms with van der Waals surface area (Å²) < 4.78 is 16.5. The molecule has 0 amide bonds. The van der Waals surface area contributed by atoms with E-state index in [1.165, 1.54) is 12.1 Å². The lowest BCUT2D eigenvalue weighted by Gasteiger charge is -2.38. The highest BCUT2D eigenvalue weighted by molar-refractivity contribution is 5.90. The first-order valence-corrected chi connectivity index (χ1v) is 11.8. The third kappa shape index (κ3) is 4.98. The molecule has 1 saturated heterocycles. The lowest BCUT2D eigenvalue weighted by molar-refractivity contribution is -0.271. The molecule has 7 N–H and O–H groups in total. The van der Waals surface area contributed by atoms with Gasteiger partial charge in [0.05, 0.1) is 0 Å². The molecule has 2 heterocycles. The Morgan fingerprint density at radius 1 is 1.00 bits per heavy atom. The van der Waals surface area contributed by atoms with Gasteiger partial charge in [-0.25, -0.2) is 4.79 Å². The van der Waals surface area contributed by atoms with Crippen molar-refractivity contribution in [1.82, 2.24) is 0 Å². The van der Waals surface area contributed by atoms with Gasteiger partial charge in [0.1, 0.15) is 40.8 Å². The van der Waals surface area contributed by atoms with Gasteiger partial charge in [-0.2, -0.15) is 0 Å². The van der Waals surface area contributed by atoms with Gasteiger partial charge in [0.25, 0.3) is 0 Å². The molecule has 0 spiro atoms. The van der Waals surface area contributed by atoms with E-state index in [4.69, 9.17) is 13.9 Å². The van der Waals surface area contributed by atoms with E-state index in [-0.39, 0.29) is 34.0 Å². The molecule has 0 bridgehead atoms. The third-order valence-electron chi connectivity index (χ3n) is 6.35. The number of carbonyl (C=O) groups is 1. The van der Waals surface area contributed by atoms with Crippen LogP contribution in [0.15, 0.2) is 39.5 Å². The van der Waals surface area contributed by atoms with Crippen LogP contribution in [0.2, 0.25) is 0 Å². The molecule has 1 aliphatic heterocycles. The number of phenols is 3. The molecule has 2 aromatic carbocycles.